The van der Waals surface area contributed by atoms with E-state index in [1.165, 1.54) is 18.3 Å². The Bertz CT molecular complexity index is 1250. The Hall–Kier alpha value is -3.52. The minimum Gasteiger partial charge on any atom is -0.462 e. The molecular formula is C23H22N4O3S. The highest BCUT2D eigenvalue weighted by atomic mass is 32.1. The zero-order valence-electron chi connectivity index (χ0n) is 17.5. The second-order valence-corrected chi connectivity index (χ2v) is 7.65. The van der Waals surface area contributed by atoms with Gasteiger partial charge < -0.3 is 9.30 Å². The number of aromatic nitrogens is 3. The van der Waals surface area contributed by atoms with E-state index in [1.54, 1.807) is 24.0 Å². The Labute approximate surface area is 183 Å². The fraction of sp³-hybridized carbons (Fsp3) is 0.217. The summed E-state index contributed by atoms with van der Waals surface area (Å²) in [6.45, 7) is 6.34. The number of benzene rings is 2. The van der Waals surface area contributed by atoms with E-state index in [2.05, 4.69) is 0 Å². The average molecular weight is 435 g/mol. The van der Waals surface area contributed by atoms with Crippen molar-refractivity contribution in [3.05, 3.63) is 59.5 Å². The van der Waals surface area contributed by atoms with Gasteiger partial charge in [-0.05, 0) is 44.2 Å². The number of fused-ring (bicyclic) bond motifs is 1. The molecule has 1 amide bonds. The molecule has 2 aromatic carbocycles. The number of nitrogens with zero attached hydrogens (tertiary/aromatic N) is 4. The van der Waals surface area contributed by atoms with Crippen LogP contribution >= 0.6 is 11.3 Å². The molecule has 4 aromatic rings. The number of thiazole rings is 1. The van der Waals surface area contributed by atoms with Gasteiger partial charge in [0, 0.05) is 18.8 Å². The van der Waals surface area contributed by atoms with Crippen molar-refractivity contribution in [1.82, 2.24) is 14.5 Å². The van der Waals surface area contributed by atoms with Crippen LogP contribution in [-0.2, 0) is 16.1 Å². The first-order valence-electron chi connectivity index (χ1n) is 10.0. The molecule has 158 valence electrons. The third kappa shape index (κ3) is 3.94. The van der Waals surface area contributed by atoms with Crippen LogP contribution < -0.4 is 4.90 Å². The van der Waals surface area contributed by atoms with Crippen molar-refractivity contribution < 1.29 is 14.3 Å². The van der Waals surface area contributed by atoms with Crippen LogP contribution in [0.1, 0.15) is 31.1 Å². The number of hydrogen-bond acceptors (Lipinski definition) is 6. The second kappa shape index (κ2) is 8.69. The highest BCUT2D eigenvalue weighted by molar-refractivity contribution is 7.14. The van der Waals surface area contributed by atoms with Crippen LogP contribution in [0.3, 0.4) is 0 Å². The molecule has 0 aliphatic carbocycles. The number of amides is 1. The minimum absolute atomic E-state index is 0.116. The van der Waals surface area contributed by atoms with Crippen molar-refractivity contribution in [3.8, 4) is 11.5 Å². The van der Waals surface area contributed by atoms with Gasteiger partial charge in [-0.1, -0.05) is 18.2 Å². The molecule has 0 spiro atoms. The number of ether oxygens (including phenoxy) is 1. The highest BCUT2D eigenvalue weighted by Gasteiger charge is 2.21. The molecule has 0 unspecified atom stereocenters. The highest BCUT2D eigenvalue weighted by Crippen LogP contribution is 2.33. The third-order valence-electron chi connectivity index (χ3n) is 4.82. The number of esters is 1. The molecule has 0 fully saturated rings. The van der Waals surface area contributed by atoms with Crippen LogP contribution in [0.25, 0.3) is 22.6 Å². The van der Waals surface area contributed by atoms with Crippen LogP contribution in [0.4, 0.5) is 10.8 Å². The number of rotatable bonds is 6. The standard InChI is InChI=1S/C23H22N4O3S/c1-4-26-20-12-11-16(22(29)30-5-2)13-18(20)24-21(26)19-14-31-23(25-19)27(15(3)28)17-9-7-6-8-10-17/h6-14H,4-5H2,1-3H3. The van der Waals surface area contributed by atoms with Crippen molar-refractivity contribution in [2.45, 2.75) is 27.3 Å². The van der Waals surface area contributed by atoms with E-state index in [0.29, 0.717) is 40.9 Å². The molecule has 0 atom stereocenters. The summed E-state index contributed by atoms with van der Waals surface area (Å²) in [5, 5.41) is 2.48. The molecule has 0 N–H and O–H groups in total. The number of carbonyl (C=O) groups is 2. The largest absolute Gasteiger partial charge is 0.462 e. The first-order valence-corrected chi connectivity index (χ1v) is 10.9. The summed E-state index contributed by atoms with van der Waals surface area (Å²) in [4.78, 5) is 35.5. The van der Waals surface area contributed by atoms with Crippen molar-refractivity contribution >= 4 is 45.1 Å². The monoisotopic (exact) mass is 434 g/mol. The van der Waals surface area contributed by atoms with Crippen molar-refractivity contribution in [2.24, 2.45) is 0 Å². The van der Waals surface area contributed by atoms with Gasteiger partial charge in [-0.25, -0.2) is 14.8 Å². The molecule has 8 heteroatoms. The van der Waals surface area contributed by atoms with Gasteiger partial charge in [0.15, 0.2) is 11.0 Å². The molecule has 0 radical (unpaired) electrons. The number of hydrogen-bond donors (Lipinski definition) is 0. The van der Waals surface area contributed by atoms with Gasteiger partial charge in [0.1, 0.15) is 5.69 Å². The molecule has 31 heavy (non-hydrogen) atoms. The predicted molar refractivity (Wildman–Crippen MR) is 122 cm³/mol. The van der Waals surface area contributed by atoms with E-state index in [-0.39, 0.29) is 11.9 Å². The maximum atomic E-state index is 12.3. The summed E-state index contributed by atoms with van der Waals surface area (Å²) in [7, 11) is 0. The van der Waals surface area contributed by atoms with Crippen molar-refractivity contribution in [3.63, 3.8) is 0 Å². The van der Waals surface area contributed by atoms with Crippen LogP contribution in [0.2, 0.25) is 0 Å². The maximum Gasteiger partial charge on any atom is 0.338 e. The first kappa shape index (κ1) is 20.7. The lowest BCUT2D eigenvalue weighted by Gasteiger charge is -2.17. The molecule has 0 aliphatic heterocycles. The van der Waals surface area contributed by atoms with E-state index < -0.39 is 0 Å². The lowest BCUT2D eigenvalue weighted by molar-refractivity contribution is -0.115. The van der Waals surface area contributed by atoms with E-state index >= 15 is 0 Å². The lowest BCUT2D eigenvalue weighted by atomic mass is 10.2. The predicted octanol–water partition coefficient (Wildman–Crippen LogP) is 5.04. The molecule has 0 saturated carbocycles. The Morgan fingerprint density at radius 1 is 1.10 bits per heavy atom. The van der Waals surface area contributed by atoms with Crippen molar-refractivity contribution in [1.29, 1.82) is 0 Å². The quantitative estimate of drug-likeness (QED) is 0.397. The van der Waals surface area contributed by atoms with Gasteiger partial charge in [0.2, 0.25) is 5.91 Å². The normalized spacial score (nSPS) is 10.9. The minimum atomic E-state index is -0.368. The molecule has 2 aromatic heterocycles. The van der Waals surface area contributed by atoms with Gasteiger partial charge in [-0.3, -0.25) is 9.69 Å². The first-order chi connectivity index (χ1) is 15.0. The smallest absolute Gasteiger partial charge is 0.338 e. The number of imidazole rings is 1. The molecule has 0 saturated heterocycles. The van der Waals surface area contributed by atoms with E-state index in [1.807, 2.05) is 53.3 Å². The SMILES string of the molecule is CCOC(=O)c1ccc2c(c1)nc(-c1csc(N(C(C)=O)c3ccccc3)n1)n2CC. The Balaban J connectivity index is 1.76. The Morgan fingerprint density at radius 3 is 2.55 bits per heavy atom. The summed E-state index contributed by atoms with van der Waals surface area (Å²) < 4.78 is 7.14. The Morgan fingerprint density at radius 2 is 1.87 bits per heavy atom. The van der Waals surface area contributed by atoms with E-state index in [0.717, 1.165) is 11.2 Å². The van der Waals surface area contributed by atoms with Crippen LogP contribution in [0, 0.1) is 0 Å². The zero-order chi connectivity index (χ0) is 22.0. The zero-order valence-corrected chi connectivity index (χ0v) is 18.3. The molecule has 7 nitrogen and oxygen atoms in total. The number of anilines is 2. The second-order valence-electron chi connectivity index (χ2n) is 6.81. The van der Waals surface area contributed by atoms with Crippen LogP contribution in [0.5, 0.6) is 0 Å². The Kier molecular flexibility index (Phi) is 5.81. The summed E-state index contributed by atoms with van der Waals surface area (Å²) in [5.74, 6) is 0.209. The summed E-state index contributed by atoms with van der Waals surface area (Å²) >= 11 is 1.39. The molecular weight excluding hydrogens is 412 g/mol. The number of carbonyl (C=O) groups excluding carboxylic acids is 2. The van der Waals surface area contributed by atoms with Crippen LogP contribution in [-0.4, -0.2) is 33.0 Å². The summed E-state index contributed by atoms with van der Waals surface area (Å²) in [6.07, 6.45) is 0. The van der Waals surface area contributed by atoms with E-state index in [9.17, 15) is 9.59 Å². The molecule has 0 aliphatic rings. The number of aryl methyl sites for hydroxylation is 1. The summed E-state index contributed by atoms with van der Waals surface area (Å²) in [5.41, 5.74) is 3.51. The van der Waals surface area contributed by atoms with Gasteiger partial charge in [-0.2, -0.15) is 0 Å². The van der Waals surface area contributed by atoms with Gasteiger partial charge in [0.05, 0.1) is 28.9 Å². The van der Waals surface area contributed by atoms with Gasteiger partial charge in [-0.15, -0.1) is 11.3 Å². The fourth-order valence-corrected chi connectivity index (χ4v) is 4.33. The average Bonchev–Trinajstić information content (AvgIpc) is 3.38. The van der Waals surface area contributed by atoms with E-state index in [4.69, 9.17) is 14.7 Å². The van der Waals surface area contributed by atoms with Gasteiger partial charge in [0.25, 0.3) is 0 Å². The molecule has 2 heterocycles. The molecule has 4 rings (SSSR count). The number of para-hydroxylation sites is 1. The fourth-order valence-electron chi connectivity index (χ4n) is 3.46. The van der Waals surface area contributed by atoms with Gasteiger partial charge >= 0.3 is 5.97 Å². The van der Waals surface area contributed by atoms with Crippen molar-refractivity contribution in [2.75, 3.05) is 11.5 Å². The summed E-state index contributed by atoms with van der Waals surface area (Å²) in [6, 6.07) is 14.8. The lowest BCUT2D eigenvalue weighted by Crippen LogP contribution is -2.22. The topological polar surface area (TPSA) is 77.3 Å². The van der Waals surface area contributed by atoms with Crippen LogP contribution in [0.15, 0.2) is 53.9 Å². The maximum absolute atomic E-state index is 12.3. The molecule has 0 bridgehead atoms. The third-order valence-corrected chi connectivity index (χ3v) is 5.64.